The SMILES string of the molecule is CNc1ccccc1NC(=O)c1ccc(NC2CCN(C(=O)OC(C)(C)C)C(C)(C)C2)cc1. The fourth-order valence-electron chi connectivity index (χ4n) is 4.14. The van der Waals surface area contributed by atoms with Crippen LogP contribution < -0.4 is 16.0 Å². The van der Waals surface area contributed by atoms with Crippen molar-refractivity contribution in [3.05, 3.63) is 54.1 Å². The number of hydrogen-bond donors (Lipinski definition) is 3. The summed E-state index contributed by atoms with van der Waals surface area (Å²) in [7, 11) is 1.82. The number of ether oxygens (including phenoxy) is 1. The number of carbonyl (C=O) groups is 2. The zero-order valence-electron chi connectivity index (χ0n) is 20.5. The van der Waals surface area contributed by atoms with Gasteiger partial charge in [-0.15, -0.1) is 0 Å². The molecular weight excluding hydrogens is 416 g/mol. The molecule has 2 aromatic carbocycles. The lowest BCUT2D eigenvalue weighted by Gasteiger charge is -2.46. The lowest BCUT2D eigenvalue weighted by atomic mass is 9.87. The first-order valence-corrected chi connectivity index (χ1v) is 11.4. The molecule has 1 aliphatic heterocycles. The molecule has 0 aromatic heterocycles. The van der Waals surface area contributed by atoms with E-state index in [2.05, 4.69) is 29.8 Å². The van der Waals surface area contributed by atoms with Crippen molar-refractivity contribution in [2.24, 2.45) is 0 Å². The maximum absolute atomic E-state index is 12.7. The molecule has 0 bridgehead atoms. The highest BCUT2D eigenvalue weighted by atomic mass is 16.6. The number of benzene rings is 2. The van der Waals surface area contributed by atoms with Gasteiger partial charge in [0.15, 0.2) is 0 Å². The Kier molecular flexibility index (Phi) is 7.20. The Hall–Kier alpha value is -3.22. The van der Waals surface area contributed by atoms with Crippen LogP contribution in [0.15, 0.2) is 48.5 Å². The summed E-state index contributed by atoms with van der Waals surface area (Å²) < 4.78 is 5.58. The molecule has 1 aliphatic rings. The molecule has 0 radical (unpaired) electrons. The molecule has 3 N–H and O–H groups in total. The lowest BCUT2D eigenvalue weighted by Crippen LogP contribution is -2.56. The van der Waals surface area contributed by atoms with Gasteiger partial charge in [0.1, 0.15) is 5.60 Å². The van der Waals surface area contributed by atoms with E-state index in [0.717, 1.165) is 29.9 Å². The minimum atomic E-state index is -0.509. The van der Waals surface area contributed by atoms with Gasteiger partial charge in [0.25, 0.3) is 5.91 Å². The fraction of sp³-hybridized carbons (Fsp3) is 0.462. The fourth-order valence-corrected chi connectivity index (χ4v) is 4.14. The van der Waals surface area contributed by atoms with Gasteiger partial charge in [0.2, 0.25) is 0 Å². The van der Waals surface area contributed by atoms with Crippen LogP contribution in [0.25, 0.3) is 0 Å². The summed E-state index contributed by atoms with van der Waals surface area (Å²) in [6.45, 7) is 10.4. The van der Waals surface area contributed by atoms with E-state index in [9.17, 15) is 9.59 Å². The first-order valence-electron chi connectivity index (χ1n) is 11.4. The third-order valence-electron chi connectivity index (χ3n) is 5.75. The summed E-state index contributed by atoms with van der Waals surface area (Å²) in [4.78, 5) is 27.1. The number of para-hydroxylation sites is 2. The number of rotatable bonds is 5. The Balaban J connectivity index is 1.59. The van der Waals surface area contributed by atoms with Crippen molar-refractivity contribution >= 4 is 29.1 Å². The first kappa shape index (κ1) is 24.4. The third kappa shape index (κ3) is 6.40. The van der Waals surface area contributed by atoms with Crippen LogP contribution in [0.5, 0.6) is 0 Å². The minimum absolute atomic E-state index is 0.156. The van der Waals surface area contributed by atoms with Crippen molar-refractivity contribution in [3.8, 4) is 0 Å². The molecule has 0 aliphatic carbocycles. The number of anilines is 3. The number of nitrogens with one attached hydrogen (secondary N) is 3. The maximum atomic E-state index is 12.7. The van der Waals surface area contributed by atoms with Crippen molar-refractivity contribution in [2.75, 3.05) is 29.5 Å². The Morgan fingerprint density at radius 3 is 2.24 bits per heavy atom. The molecule has 33 heavy (non-hydrogen) atoms. The summed E-state index contributed by atoms with van der Waals surface area (Å²) in [5.41, 5.74) is 2.32. The highest BCUT2D eigenvalue weighted by Gasteiger charge is 2.39. The number of piperidine rings is 1. The molecule has 1 fully saturated rings. The van der Waals surface area contributed by atoms with Gasteiger partial charge in [-0.05, 0) is 83.9 Å². The normalized spacial score (nSPS) is 17.8. The van der Waals surface area contributed by atoms with Crippen molar-refractivity contribution in [1.82, 2.24) is 4.90 Å². The molecule has 2 aromatic rings. The smallest absolute Gasteiger partial charge is 0.410 e. The van der Waals surface area contributed by atoms with E-state index in [1.807, 2.05) is 81.2 Å². The van der Waals surface area contributed by atoms with Gasteiger partial charge in [-0.2, -0.15) is 0 Å². The second-order valence-electron chi connectivity index (χ2n) is 10.1. The van der Waals surface area contributed by atoms with E-state index in [0.29, 0.717) is 12.1 Å². The maximum Gasteiger partial charge on any atom is 0.410 e. The van der Waals surface area contributed by atoms with E-state index in [4.69, 9.17) is 4.74 Å². The summed E-state index contributed by atoms with van der Waals surface area (Å²) in [6.07, 6.45) is 1.36. The van der Waals surface area contributed by atoms with Crippen LogP contribution in [0.3, 0.4) is 0 Å². The quantitative estimate of drug-likeness (QED) is 0.552. The van der Waals surface area contributed by atoms with Crippen LogP contribution in [0.2, 0.25) is 0 Å². The second kappa shape index (κ2) is 9.73. The summed E-state index contributed by atoms with van der Waals surface area (Å²) in [6, 6.07) is 15.3. The van der Waals surface area contributed by atoms with Gasteiger partial charge in [-0.3, -0.25) is 4.79 Å². The van der Waals surface area contributed by atoms with Gasteiger partial charge in [0, 0.05) is 36.4 Å². The van der Waals surface area contributed by atoms with Gasteiger partial charge in [0.05, 0.1) is 11.4 Å². The predicted octanol–water partition coefficient (Wildman–Crippen LogP) is 5.57. The van der Waals surface area contributed by atoms with E-state index in [1.54, 1.807) is 0 Å². The summed E-state index contributed by atoms with van der Waals surface area (Å²) >= 11 is 0. The molecule has 1 atom stereocenters. The number of amides is 2. The van der Waals surface area contributed by atoms with Crippen molar-refractivity contribution < 1.29 is 14.3 Å². The van der Waals surface area contributed by atoms with Crippen molar-refractivity contribution in [3.63, 3.8) is 0 Å². The summed E-state index contributed by atoms with van der Waals surface area (Å²) in [5.74, 6) is -0.156. The largest absolute Gasteiger partial charge is 0.444 e. The van der Waals surface area contributed by atoms with E-state index >= 15 is 0 Å². The molecule has 7 nitrogen and oxygen atoms in total. The lowest BCUT2D eigenvalue weighted by molar-refractivity contribution is -0.00788. The number of hydrogen-bond acceptors (Lipinski definition) is 5. The van der Waals surface area contributed by atoms with Gasteiger partial charge >= 0.3 is 6.09 Å². The van der Waals surface area contributed by atoms with Crippen LogP contribution in [-0.4, -0.2) is 47.7 Å². The molecule has 0 saturated carbocycles. The molecule has 2 amide bonds. The Morgan fingerprint density at radius 1 is 1.03 bits per heavy atom. The van der Waals surface area contributed by atoms with Gasteiger partial charge < -0.3 is 25.6 Å². The van der Waals surface area contributed by atoms with E-state index in [1.165, 1.54) is 0 Å². The first-order chi connectivity index (χ1) is 15.5. The van der Waals surface area contributed by atoms with Crippen LogP contribution in [-0.2, 0) is 4.74 Å². The average molecular weight is 453 g/mol. The zero-order chi connectivity index (χ0) is 24.2. The molecule has 1 unspecified atom stereocenters. The van der Waals surface area contributed by atoms with E-state index in [-0.39, 0.29) is 23.6 Å². The third-order valence-corrected chi connectivity index (χ3v) is 5.75. The Morgan fingerprint density at radius 2 is 1.67 bits per heavy atom. The van der Waals surface area contributed by atoms with Crippen LogP contribution >= 0.6 is 0 Å². The second-order valence-corrected chi connectivity index (χ2v) is 10.1. The number of nitrogens with zero attached hydrogens (tertiary/aromatic N) is 1. The molecule has 7 heteroatoms. The Labute approximate surface area is 196 Å². The van der Waals surface area contributed by atoms with Gasteiger partial charge in [-0.25, -0.2) is 4.79 Å². The van der Waals surface area contributed by atoms with Gasteiger partial charge in [-0.1, -0.05) is 12.1 Å². The average Bonchev–Trinajstić information content (AvgIpc) is 2.72. The predicted molar refractivity (Wildman–Crippen MR) is 134 cm³/mol. The summed E-state index contributed by atoms with van der Waals surface area (Å²) in [5, 5.41) is 9.58. The van der Waals surface area contributed by atoms with Crippen molar-refractivity contribution in [2.45, 2.75) is 64.6 Å². The topological polar surface area (TPSA) is 82.7 Å². The molecule has 1 heterocycles. The van der Waals surface area contributed by atoms with Crippen LogP contribution in [0, 0.1) is 0 Å². The Bertz CT molecular complexity index is 980. The number of likely N-dealkylation sites (tertiary alicyclic amines) is 1. The number of carbonyl (C=O) groups excluding carboxylic acids is 2. The van der Waals surface area contributed by atoms with Crippen molar-refractivity contribution in [1.29, 1.82) is 0 Å². The zero-order valence-corrected chi connectivity index (χ0v) is 20.5. The molecular formula is C26H36N4O3. The van der Waals surface area contributed by atoms with Crippen LogP contribution in [0.1, 0.15) is 57.8 Å². The van der Waals surface area contributed by atoms with Crippen LogP contribution in [0.4, 0.5) is 21.9 Å². The highest BCUT2D eigenvalue weighted by molar-refractivity contribution is 6.06. The molecule has 0 spiro atoms. The molecule has 1 saturated heterocycles. The highest BCUT2D eigenvalue weighted by Crippen LogP contribution is 2.31. The standard InChI is InChI=1S/C26H36N4O3/c1-25(2,3)33-24(32)30-16-15-20(17-26(30,4)5)28-19-13-11-18(12-14-19)23(31)29-22-10-8-7-9-21(22)27-6/h7-14,20,27-28H,15-17H2,1-6H3,(H,29,31). The molecule has 178 valence electrons. The van der Waals surface area contributed by atoms with E-state index < -0.39 is 5.60 Å². The monoisotopic (exact) mass is 452 g/mol. The molecule has 3 rings (SSSR count). The minimum Gasteiger partial charge on any atom is -0.444 e.